The van der Waals surface area contributed by atoms with Gasteiger partial charge in [-0.15, -0.1) is 9.05 Å². The first-order valence-electron chi connectivity index (χ1n) is 7.56. The van der Waals surface area contributed by atoms with Gasteiger partial charge in [0.1, 0.15) is 6.10 Å². The molecule has 152 valence electrons. The van der Waals surface area contributed by atoms with E-state index in [2.05, 4.69) is 0 Å². The maximum atomic E-state index is 14.9. The third-order valence-electron chi connectivity index (χ3n) is 3.69. The Morgan fingerprint density at radius 1 is 1.48 bits per heavy atom. The summed E-state index contributed by atoms with van der Waals surface area (Å²) in [5, 5.41) is 9.46. The van der Waals surface area contributed by atoms with Crippen LogP contribution in [0.4, 0.5) is 17.6 Å². The zero-order valence-electron chi connectivity index (χ0n) is 14.0. The minimum absolute atomic E-state index is 0.256. The summed E-state index contributed by atoms with van der Waals surface area (Å²) < 4.78 is 71.1. The van der Waals surface area contributed by atoms with E-state index in [1.54, 1.807) is 18.8 Å². The highest BCUT2D eigenvalue weighted by atomic mass is 32.4. The molecule has 2 unspecified atom stereocenters. The SMILES string of the molecule is CC(C)O[P+](=S)O[C@H]1C(F)[C@H](n2cc(F)c(=O)[nH]c2=O)O[C@@]1(CO)C(F)F. The molecule has 8 nitrogen and oxygen atoms in total. The number of aliphatic hydroxyl groups excluding tert-OH is 1. The van der Waals surface area contributed by atoms with Gasteiger partial charge in [0.15, 0.2) is 24.1 Å². The Kier molecular flexibility index (Phi) is 6.87. The highest BCUT2D eigenvalue weighted by molar-refractivity contribution is 8.00. The van der Waals surface area contributed by atoms with Crippen molar-refractivity contribution in [3.8, 4) is 0 Å². The number of nitrogens with one attached hydrogen (secondary N) is 1. The van der Waals surface area contributed by atoms with E-state index in [-0.39, 0.29) is 4.57 Å². The Balaban J connectivity index is 2.46. The number of aliphatic hydroxyl groups is 1. The van der Waals surface area contributed by atoms with Crippen LogP contribution >= 0.6 is 7.15 Å². The molecule has 0 saturated carbocycles. The second-order valence-corrected chi connectivity index (χ2v) is 7.68. The molecule has 0 aromatic carbocycles. The van der Waals surface area contributed by atoms with Gasteiger partial charge >= 0.3 is 12.8 Å². The minimum Gasteiger partial charge on any atom is -0.393 e. The molecule has 0 bridgehead atoms. The van der Waals surface area contributed by atoms with Crippen LogP contribution in [-0.4, -0.2) is 51.7 Å². The van der Waals surface area contributed by atoms with E-state index in [1.165, 1.54) is 0 Å². The van der Waals surface area contributed by atoms with E-state index >= 15 is 0 Å². The van der Waals surface area contributed by atoms with E-state index in [0.717, 1.165) is 0 Å². The smallest absolute Gasteiger partial charge is 0.393 e. The van der Waals surface area contributed by atoms with Crippen molar-refractivity contribution < 1.29 is 36.5 Å². The summed E-state index contributed by atoms with van der Waals surface area (Å²) in [5.41, 5.74) is -5.55. The fourth-order valence-corrected chi connectivity index (χ4v) is 4.11. The van der Waals surface area contributed by atoms with E-state index in [4.69, 9.17) is 25.6 Å². The maximum absolute atomic E-state index is 14.9. The van der Waals surface area contributed by atoms with E-state index in [0.29, 0.717) is 6.20 Å². The fourth-order valence-electron chi connectivity index (χ4n) is 2.44. The first-order valence-corrected chi connectivity index (χ1v) is 9.75. The highest BCUT2D eigenvalue weighted by Gasteiger charge is 2.65. The predicted molar refractivity (Wildman–Crippen MR) is 87.5 cm³/mol. The number of ether oxygens (including phenoxy) is 1. The fraction of sp³-hybridized carbons (Fsp3) is 0.692. The summed E-state index contributed by atoms with van der Waals surface area (Å²) >= 11 is 4.85. The average molecular weight is 435 g/mol. The second kappa shape index (κ2) is 8.41. The normalized spacial score (nSPS) is 28.9. The number of rotatable bonds is 7. The molecule has 0 aliphatic carbocycles. The first-order chi connectivity index (χ1) is 12.5. The largest absolute Gasteiger partial charge is 0.522 e. The van der Waals surface area contributed by atoms with Crippen molar-refractivity contribution >= 4 is 19.0 Å². The lowest BCUT2D eigenvalue weighted by Gasteiger charge is -2.28. The van der Waals surface area contributed by atoms with Crippen molar-refractivity contribution in [2.45, 2.75) is 50.5 Å². The van der Waals surface area contributed by atoms with E-state index < -0.39 is 67.5 Å². The van der Waals surface area contributed by atoms with Crippen LogP contribution < -0.4 is 11.2 Å². The number of H-pyrrole nitrogens is 1. The molecule has 1 aromatic rings. The first kappa shape index (κ1) is 22.1. The van der Waals surface area contributed by atoms with Crippen molar-refractivity contribution in [3.05, 3.63) is 32.9 Å². The van der Waals surface area contributed by atoms with Crippen LogP contribution in [0.25, 0.3) is 0 Å². The molecular formula is C13H16F4N2O6PS+. The monoisotopic (exact) mass is 435 g/mol. The topological polar surface area (TPSA) is 103 Å². The van der Waals surface area contributed by atoms with Crippen LogP contribution in [0.1, 0.15) is 20.1 Å². The third kappa shape index (κ3) is 4.28. The molecule has 1 aromatic heterocycles. The number of alkyl halides is 3. The average Bonchev–Trinajstić information content (AvgIpc) is 2.84. The van der Waals surface area contributed by atoms with Gasteiger partial charge in [-0.3, -0.25) is 14.3 Å². The third-order valence-corrected chi connectivity index (χ3v) is 5.20. The zero-order valence-corrected chi connectivity index (χ0v) is 15.7. The summed E-state index contributed by atoms with van der Waals surface area (Å²) in [6.45, 7) is 1.79. The standard InChI is InChI=1S/C13H15F4N2O6PS/c1-5(2)24-26(27)25-8-7(15)10(23-13(8,4-20)11(16)17)19-3-6(14)9(21)18-12(19)22/h3,5,7-8,10-11,20H,4H2,1-2H3/p+1/t7?,8-,10+,13+/m0/s1. The number of aromatic amines is 1. The van der Waals surface area contributed by atoms with Crippen molar-refractivity contribution in [1.29, 1.82) is 0 Å². The molecule has 5 atom stereocenters. The Hall–Kier alpha value is -1.24. The van der Waals surface area contributed by atoms with Crippen molar-refractivity contribution in [1.82, 2.24) is 9.55 Å². The molecule has 0 radical (unpaired) electrons. The lowest BCUT2D eigenvalue weighted by molar-refractivity contribution is -0.192. The van der Waals surface area contributed by atoms with Crippen LogP contribution in [0.2, 0.25) is 0 Å². The Morgan fingerprint density at radius 3 is 2.63 bits per heavy atom. The summed E-state index contributed by atoms with van der Waals surface area (Å²) in [6.07, 6.45) is -10.3. The van der Waals surface area contributed by atoms with Gasteiger partial charge in [-0.2, -0.15) is 4.39 Å². The van der Waals surface area contributed by atoms with Crippen LogP contribution in [-0.2, 0) is 25.6 Å². The lowest BCUT2D eigenvalue weighted by Crippen LogP contribution is -2.52. The zero-order chi connectivity index (χ0) is 20.5. The van der Waals surface area contributed by atoms with Crippen LogP contribution in [0.3, 0.4) is 0 Å². The van der Waals surface area contributed by atoms with Gasteiger partial charge in [-0.25, -0.2) is 18.0 Å². The van der Waals surface area contributed by atoms with Crippen molar-refractivity contribution in [2.24, 2.45) is 0 Å². The molecule has 2 N–H and O–H groups in total. The molecule has 2 rings (SSSR count). The van der Waals surface area contributed by atoms with Gasteiger partial charge in [0.2, 0.25) is 17.6 Å². The van der Waals surface area contributed by atoms with E-state index in [1.807, 2.05) is 0 Å². The van der Waals surface area contributed by atoms with Crippen LogP contribution in [0.5, 0.6) is 0 Å². The molecule has 2 heterocycles. The van der Waals surface area contributed by atoms with Gasteiger partial charge in [0.25, 0.3) is 12.0 Å². The van der Waals surface area contributed by atoms with E-state index in [9.17, 15) is 32.3 Å². The van der Waals surface area contributed by atoms with Gasteiger partial charge < -0.3 is 9.84 Å². The van der Waals surface area contributed by atoms with Crippen LogP contribution in [0.15, 0.2) is 15.8 Å². The number of halogens is 4. The molecule has 0 spiro atoms. The second-order valence-electron chi connectivity index (χ2n) is 5.91. The molecule has 27 heavy (non-hydrogen) atoms. The summed E-state index contributed by atoms with van der Waals surface area (Å²) in [4.78, 5) is 24.5. The van der Waals surface area contributed by atoms with Gasteiger partial charge in [0, 0.05) is 0 Å². The Bertz CT molecular complexity index is 821. The quantitative estimate of drug-likeness (QED) is 0.489. The lowest BCUT2D eigenvalue weighted by atomic mass is 9.97. The summed E-state index contributed by atoms with van der Waals surface area (Å²) in [5.74, 6) is -1.46. The molecule has 0 amide bonds. The number of aromatic nitrogens is 2. The predicted octanol–water partition coefficient (Wildman–Crippen LogP) is 1.12. The number of hydrogen-bond acceptors (Lipinski definition) is 7. The molecule has 1 aliphatic heterocycles. The molecule has 1 fully saturated rings. The van der Waals surface area contributed by atoms with Gasteiger partial charge in [0.05, 0.1) is 12.8 Å². The molecule has 1 saturated heterocycles. The van der Waals surface area contributed by atoms with Crippen LogP contribution in [0, 0.1) is 5.82 Å². The minimum atomic E-state index is -3.45. The van der Waals surface area contributed by atoms with Crippen molar-refractivity contribution in [2.75, 3.05) is 6.61 Å². The number of hydrogen-bond donors (Lipinski definition) is 2. The maximum Gasteiger partial charge on any atom is 0.522 e. The van der Waals surface area contributed by atoms with Gasteiger partial charge in [-0.05, 0) is 13.8 Å². The Labute approximate surface area is 155 Å². The molecular weight excluding hydrogens is 419 g/mol. The van der Waals surface area contributed by atoms with Gasteiger partial charge in [-0.1, -0.05) is 0 Å². The summed E-state index contributed by atoms with van der Waals surface area (Å²) in [6, 6.07) is 0. The Morgan fingerprint density at radius 2 is 2.11 bits per heavy atom. The van der Waals surface area contributed by atoms with Crippen molar-refractivity contribution in [3.63, 3.8) is 0 Å². The summed E-state index contributed by atoms with van der Waals surface area (Å²) in [7, 11) is -2.25. The highest BCUT2D eigenvalue weighted by Crippen LogP contribution is 2.47. The number of nitrogens with zero attached hydrogens (tertiary/aromatic N) is 1. The molecule has 1 aliphatic rings. The molecule has 14 heteroatoms.